The summed E-state index contributed by atoms with van der Waals surface area (Å²) in [4.78, 5) is 27.6. The molecule has 2 N–H and O–H groups in total. The first-order chi connectivity index (χ1) is 12.8. The third-order valence-corrected chi connectivity index (χ3v) is 4.41. The third-order valence-electron chi connectivity index (χ3n) is 4.41. The largest absolute Gasteiger partial charge is 0.481 e. The number of benzene rings is 1. The molecule has 0 aliphatic rings. The van der Waals surface area contributed by atoms with E-state index in [1.54, 1.807) is 37.8 Å². The van der Waals surface area contributed by atoms with Crippen LogP contribution in [0.3, 0.4) is 0 Å². The Morgan fingerprint density at radius 1 is 1.26 bits per heavy atom. The van der Waals surface area contributed by atoms with Crippen LogP contribution in [0.1, 0.15) is 42.9 Å². The van der Waals surface area contributed by atoms with Crippen molar-refractivity contribution in [3.63, 3.8) is 0 Å². The molecular formula is C19H21N5O3. The molecule has 8 nitrogen and oxygen atoms in total. The number of aromatic nitrogens is 4. The normalized spacial score (nSPS) is 11.5. The summed E-state index contributed by atoms with van der Waals surface area (Å²) in [6.45, 7) is 5.34. The number of carbonyl (C=O) groups excluding carboxylic acids is 1. The van der Waals surface area contributed by atoms with Crippen LogP contribution < -0.4 is 5.32 Å². The van der Waals surface area contributed by atoms with E-state index in [1.807, 2.05) is 24.3 Å². The van der Waals surface area contributed by atoms with Crippen molar-refractivity contribution in [3.05, 3.63) is 48.0 Å². The Morgan fingerprint density at radius 3 is 2.78 bits per heavy atom. The van der Waals surface area contributed by atoms with Gasteiger partial charge in [0.2, 0.25) is 0 Å². The number of hydrogen-bond donors (Lipinski definition) is 2. The van der Waals surface area contributed by atoms with Crippen LogP contribution in [0.15, 0.2) is 36.7 Å². The lowest BCUT2D eigenvalue weighted by Crippen LogP contribution is -2.44. The molecule has 3 aromatic rings. The molecule has 0 unspecified atom stereocenters. The van der Waals surface area contributed by atoms with Gasteiger partial charge in [0.05, 0.1) is 11.4 Å². The Kier molecular flexibility index (Phi) is 4.89. The van der Waals surface area contributed by atoms with E-state index >= 15 is 0 Å². The summed E-state index contributed by atoms with van der Waals surface area (Å²) >= 11 is 0. The molecule has 0 saturated carbocycles. The predicted octanol–water partition coefficient (Wildman–Crippen LogP) is 2.50. The Morgan fingerprint density at radius 2 is 2.04 bits per heavy atom. The van der Waals surface area contributed by atoms with Crippen molar-refractivity contribution in [3.8, 4) is 5.69 Å². The molecule has 1 amide bonds. The summed E-state index contributed by atoms with van der Waals surface area (Å²) in [6, 6.07) is 7.65. The molecule has 2 aromatic heterocycles. The van der Waals surface area contributed by atoms with Gasteiger partial charge in [0.15, 0.2) is 5.69 Å². The Labute approximate surface area is 156 Å². The van der Waals surface area contributed by atoms with Gasteiger partial charge >= 0.3 is 5.97 Å². The van der Waals surface area contributed by atoms with Crippen molar-refractivity contribution >= 4 is 22.6 Å². The highest BCUT2D eigenvalue weighted by Crippen LogP contribution is 2.23. The van der Waals surface area contributed by atoms with E-state index in [4.69, 9.17) is 5.11 Å². The fraction of sp³-hybridized carbons (Fsp3) is 0.316. The third kappa shape index (κ3) is 3.94. The van der Waals surface area contributed by atoms with Crippen molar-refractivity contribution in [2.45, 2.75) is 39.2 Å². The minimum atomic E-state index is -0.898. The number of carboxylic acids is 1. The lowest BCUT2D eigenvalue weighted by molar-refractivity contribution is -0.137. The van der Waals surface area contributed by atoms with Crippen LogP contribution in [0.5, 0.6) is 0 Å². The first-order valence-corrected chi connectivity index (χ1v) is 8.58. The van der Waals surface area contributed by atoms with Crippen LogP contribution in [-0.4, -0.2) is 42.5 Å². The van der Waals surface area contributed by atoms with Gasteiger partial charge in [-0.3, -0.25) is 14.6 Å². The summed E-state index contributed by atoms with van der Waals surface area (Å²) in [5, 5.41) is 21.8. The lowest BCUT2D eigenvalue weighted by Gasteiger charge is -2.25. The van der Waals surface area contributed by atoms with Crippen molar-refractivity contribution in [1.82, 2.24) is 25.3 Å². The van der Waals surface area contributed by atoms with Gasteiger partial charge in [0, 0.05) is 35.1 Å². The topological polar surface area (TPSA) is 110 Å². The van der Waals surface area contributed by atoms with Gasteiger partial charge in [-0.1, -0.05) is 17.3 Å². The summed E-state index contributed by atoms with van der Waals surface area (Å²) in [7, 11) is 0. The van der Waals surface area contributed by atoms with Crippen molar-refractivity contribution < 1.29 is 14.7 Å². The van der Waals surface area contributed by atoms with Gasteiger partial charge in [-0.15, -0.1) is 5.10 Å². The molecule has 140 valence electrons. The zero-order valence-electron chi connectivity index (χ0n) is 15.4. The number of pyridine rings is 1. The number of rotatable bonds is 6. The van der Waals surface area contributed by atoms with Crippen LogP contribution in [-0.2, 0) is 4.79 Å². The average Bonchev–Trinajstić information content (AvgIpc) is 3.01. The zero-order chi connectivity index (χ0) is 19.6. The van der Waals surface area contributed by atoms with E-state index in [-0.39, 0.29) is 18.0 Å². The first-order valence-electron chi connectivity index (χ1n) is 8.58. The van der Waals surface area contributed by atoms with Gasteiger partial charge in [0.25, 0.3) is 5.91 Å². The van der Waals surface area contributed by atoms with E-state index in [2.05, 4.69) is 20.6 Å². The molecule has 0 aliphatic heterocycles. The minimum absolute atomic E-state index is 0.0248. The first kappa shape index (κ1) is 18.5. The second kappa shape index (κ2) is 7.14. The molecule has 2 heterocycles. The molecular weight excluding hydrogens is 346 g/mol. The maximum absolute atomic E-state index is 12.6. The van der Waals surface area contributed by atoms with Crippen molar-refractivity contribution in [2.24, 2.45) is 0 Å². The van der Waals surface area contributed by atoms with Crippen LogP contribution in [0.4, 0.5) is 0 Å². The number of fused-ring (bicyclic) bond motifs is 1. The van der Waals surface area contributed by atoms with E-state index in [9.17, 15) is 9.59 Å². The number of nitrogens with one attached hydrogen (secondary N) is 1. The summed E-state index contributed by atoms with van der Waals surface area (Å²) in [5.41, 5.74) is 0.955. The molecule has 0 saturated heterocycles. The maximum atomic E-state index is 12.6. The second-order valence-corrected chi connectivity index (χ2v) is 7.04. The number of nitrogens with zero attached hydrogens (tertiary/aromatic N) is 4. The second-order valence-electron chi connectivity index (χ2n) is 7.04. The smallest absolute Gasteiger partial charge is 0.303 e. The number of carboxylic acid groups (broad SMARTS) is 1. The molecule has 0 atom stereocenters. The van der Waals surface area contributed by atoms with Gasteiger partial charge in [-0.05, 0) is 39.3 Å². The van der Waals surface area contributed by atoms with Gasteiger partial charge in [-0.25, -0.2) is 4.68 Å². The number of aliphatic carboxylic acids is 1. The minimum Gasteiger partial charge on any atom is -0.481 e. The number of carbonyl (C=O) groups is 2. The van der Waals surface area contributed by atoms with Crippen LogP contribution in [0.25, 0.3) is 16.5 Å². The fourth-order valence-electron chi connectivity index (χ4n) is 2.91. The van der Waals surface area contributed by atoms with E-state index < -0.39 is 11.5 Å². The predicted molar refractivity (Wildman–Crippen MR) is 99.8 cm³/mol. The molecule has 0 spiro atoms. The van der Waals surface area contributed by atoms with Crippen molar-refractivity contribution in [1.29, 1.82) is 0 Å². The SMILES string of the molecule is Cc1c(C(=O)NC(C)(C)CCC(=O)O)nnn1-c1cccc2cnccc12. The molecule has 0 aliphatic carbocycles. The van der Waals surface area contributed by atoms with Gasteiger partial charge < -0.3 is 10.4 Å². The van der Waals surface area contributed by atoms with Crippen LogP contribution in [0, 0.1) is 6.92 Å². The Hall–Kier alpha value is -3.29. The molecule has 27 heavy (non-hydrogen) atoms. The number of hydrogen-bond acceptors (Lipinski definition) is 5. The van der Waals surface area contributed by atoms with Crippen LogP contribution >= 0.6 is 0 Å². The standard InChI is InChI=1S/C19H21N5O3/c1-12-17(18(27)21-19(2,3)9-7-16(25)26)22-23-24(12)15-6-4-5-13-11-20-10-8-14(13)15/h4-6,8,10-11H,7,9H2,1-3H3,(H,21,27)(H,25,26). The molecule has 0 fully saturated rings. The fourth-order valence-corrected chi connectivity index (χ4v) is 2.91. The highest BCUT2D eigenvalue weighted by Gasteiger charge is 2.26. The quantitative estimate of drug-likeness (QED) is 0.693. The molecule has 0 radical (unpaired) electrons. The highest BCUT2D eigenvalue weighted by atomic mass is 16.4. The average molecular weight is 367 g/mol. The lowest BCUT2D eigenvalue weighted by atomic mass is 9.98. The van der Waals surface area contributed by atoms with Gasteiger partial charge in [-0.2, -0.15) is 0 Å². The highest BCUT2D eigenvalue weighted by molar-refractivity contribution is 5.94. The summed E-state index contributed by atoms with van der Waals surface area (Å²) < 4.78 is 1.63. The Balaban J connectivity index is 1.89. The molecule has 1 aromatic carbocycles. The van der Waals surface area contributed by atoms with Gasteiger partial charge in [0.1, 0.15) is 0 Å². The Bertz CT molecular complexity index is 1000. The number of amides is 1. The molecule has 8 heteroatoms. The monoisotopic (exact) mass is 367 g/mol. The maximum Gasteiger partial charge on any atom is 0.303 e. The van der Waals surface area contributed by atoms with Crippen LogP contribution in [0.2, 0.25) is 0 Å². The van der Waals surface area contributed by atoms with E-state index in [1.165, 1.54) is 0 Å². The molecule has 0 bridgehead atoms. The zero-order valence-corrected chi connectivity index (χ0v) is 15.4. The molecule has 3 rings (SSSR count). The van der Waals surface area contributed by atoms with E-state index in [0.717, 1.165) is 16.5 Å². The van der Waals surface area contributed by atoms with E-state index in [0.29, 0.717) is 12.1 Å². The summed E-state index contributed by atoms with van der Waals surface area (Å²) in [5.74, 6) is -1.28. The summed E-state index contributed by atoms with van der Waals surface area (Å²) in [6.07, 6.45) is 3.76. The van der Waals surface area contributed by atoms with Crippen molar-refractivity contribution in [2.75, 3.05) is 0 Å².